The number of nitrogens with one attached hydrogen (secondary N) is 1. The van der Waals surface area contributed by atoms with Gasteiger partial charge in [0.2, 0.25) is 0 Å². The summed E-state index contributed by atoms with van der Waals surface area (Å²) in [5.74, 6) is 0.378. The molecule has 4 nitrogen and oxygen atoms in total. The van der Waals surface area contributed by atoms with Crippen LogP contribution in [0.4, 0.5) is 0 Å². The molecule has 20 heavy (non-hydrogen) atoms. The molecule has 0 saturated heterocycles. The van der Waals surface area contributed by atoms with E-state index in [1.54, 1.807) is 0 Å². The van der Waals surface area contributed by atoms with Gasteiger partial charge < -0.3 is 14.8 Å². The lowest BCUT2D eigenvalue weighted by Gasteiger charge is -2.27. The fourth-order valence-electron chi connectivity index (χ4n) is 2.60. The van der Waals surface area contributed by atoms with Gasteiger partial charge in [0.15, 0.2) is 6.61 Å². The standard InChI is InChI=1S/C16H23NO3/c1-3-9-17-15-6-4-5-12-7-8-13(10-14(12)15)20-11-16(18)19-2/h7-8,10,15,17H,3-6,9,11H2,1-2H3. The second-order valence-corrected chi connectivity index (χ2v) is 5.12. The third-order valence-corrected chi connectivity index (χ3v) is 3.66. The van der Waals surface area contributed by atoms with E-state index in [0.29, 0.717) is 6.04 Å². The van der Waals surface area contributed by atoms with Crippen LogP contribution in [0.5, 0.6) is 5.75 Å². The van der Waals surface area contributed by atoms with E-state index < -0.39 is 0 Å². The summed E-state index contributed by atoms with van der Waals surface area (Å²) in [6.45, 7) is 3.16. The van der Waals surface area contributed by atoms with Crippen molar-refractivity contribution in [1.82, 2.24) is 5.32 Å². The molecule has 0 radical (unpaired) electrons. The molecular formula is C16H23NO3. The highest BCUT2D eigenvalue weighted by atomic mass is 16.6. The van der Waals surface area contributed by atoms with Crippen LogP contribution in [0.15, 0.2) is 18.2 Å². The van der Waals surface area contributed by atoms with Crippen LogP contribution >= 0.6 is 0 Å². The molecule has 0 amide bonds. The summed E-state index contributed by atoms with van der Waals surface area (Å²) in [4.78, 5) is 11.1. The van der Waals surface area contributed by atoms with Crippen molar-refractivity contribution in [3.8, 4) is 5.75 Å². The number of ether oxygens (including phenoxy) is 2. The monoisotopic (exact) mass is 277 g/mol. The average Bonchev–Trinajstić information content (AvgIpc) is 2.50. The highest BCUT2D eigenvalue weighted by Gasteiger charge is 2.20. The molecular weight excluding hydrogens is 254 g/mol. The lowest BCUT2D eigenvalue weighted by molar-refractivity contribution is -0.142. The van der Waals surface area contributed by atoms with Crippen LogP contribution in [-0.2, 0) is 16.0 Å². The summed E-state index contributed by atoms with van der Waals surface area (Å²) in [5.41, 5.74) is 2.70. The summed E-state index contributed by atoms with van der Waals surface area (Å²) in [5, 5.41) is 3.58. The number of fused-ring (bicyclic) bond motifs is 1. The van der Waals surface area contributed by atoms with Gasteiger partial charge in [-0.1, -0.05) is 13.0 Å². The Labute approximate surface area is 120 Å². The lowest BCUT2D eigenvalue weighted by atomic mass is 9.87. The number of methoxy groups -OCH3 is 1. The minimum Gasteiger partial charge on any atom is -0.482 e. The van der Waals surface area contributed by atoms with Crippen molar-refractivity contribution in [2.45, 2.75) is 38.6 Å². The van der Waals surface area contributed by atoms with Gasteiger partial charge in [-0.3, -0.25) is 0 Å². The number of rotatable bonds is 6. The number of carbonyl (C=O) groups is 1. The molecule has 1 unspecified atom stereocenters. The molecule has 1 atom stereocenters. The molecule has 4 heteroatoms. The maximum Gasteiger partial charge on any atom is 0.343 e. The van der Waals surface area contributed by atoms with Crippen molar-refractivity contribution < 1.29 is 14.3 Å². The molecule has 0 aliphatic heterocycles. The van der Waals surface area contributed by atoms with Crippen LogP contribution in [0, 0.1) is 0 Å². The Kier molecular flexibility index (Phi) is 5.41. The average molecular weight is 277 g/mol. The van der Waals surface area contributed by atoms with Gasteiger partial charge in [-0.15, -0.1) is 0 Å². The van der Waals surface area contributed by atoms with E-state index in [0.717, 1.165) is 31.6 Å². The van der Waals surface area contributed by atoms with Crippen molar-refractivity contribution in [1.29, 1.82) is 0 Å². The summed E-state index contributed by atoms with van der Waals surface area (Å²) in [6, 6.07) is 6.51. The molecule has 1 aliphatic rings. The fourth-order valence-corrected chi connectivity index (χ4v) is 2.60. The molecule has 2 rings (SSSR count). The second kappa shape index (κ2) is 7.29. The Morgan fingerprint density at radius 3 is 3.05 bits per heavy atom. The van der Waals surface area contributed by atoms with E-state index in [1.165, 1.54) is 24.7 Å². The highest BCUT2D eigenvalue weighted by molar-refractivity contribution is 5.70. The summed E-state index contributed by atoms with van der Waals surface area (Å²) in [6.07, 6.45) is 4.63. The molecule has 0 fully saturated rings. The number of hydrogen-bond acceptors (Lipinski definition) is 4. The predicted octanol–water partition coefficient (Wildman–Crippen LogP) is 2.62. The first-order valence-electron chi connectivity index (χ1n) is 7.30. The predicted molar refractivity (Wildman–Crippen MR) is 77.9 cm³/mol. The maximum absolute atomic E-state index is 11.1. The molecule has 110 valence electrons. The number of hydrogen-bond donors (Lipinski definition) is 1. The van der Waals surface area contributed by atoms with Gasteiger partial charge >= 0.3 is 5.97 Å². The molecule has 1 aliphatic carbocycles. The first kappa shape index (κ1) is 14.9. The lowest BCUT2D eigenvalue weighted by Crippen LogP contribution is -2.26. The van der Waals surface area contributed by atoms with Crippen LogP contribution < -0.4 is 10.1 Å². The zero-order valence-electron chi connectivity index (χ0n) is 12.3. The molecule has 0 bridgehead atoms. The maximum atomic E-state index is 11.1. The molecule has 1 N–H and O–H groups in total. The van der Waals surface area contributed by atoms with Crippen molar-refractivity contribution in [2.75, 3.05) is 20.3 Å². The first-order chi connectivity index (χ1) is 9.74. The van der Waals surface area contributed by atoms with Crippen LogP contribution in [0.2, 0.25) is 0 Å². The van der Waals surface area contributed by atoms with E-state index >= 15 is 0 Å². The Morgan fingerprint density at radius 2 is 2.30 bits per heavy atom. The van der Waals surface area contributed by atoms with Gasteiger partial charge in [0.25, 0.3) is 0 Å². The smallest absolute Gasteiger partial charge is 0.343 e. The van der Waals surface area contributed by atoms with Gasteiger partial charge in [-0.2, -0.15) is 0 Å². The Balaban J connectivity index is 2.08. The van der Waals surface area contributed by atoms with Crippen LogP contribution in [0.3, 0.4) is 0 Å². The van der Waals surface area contributed by atoms with Crippen molar-refractivity contribution in [3.05, 3.63) is 29.3 Å². The minimum absolute atomic E-state index is 0.0393. The zero-order valence-corrected chi connectivity index (χ0v) is 12.3. The van der Waals surface area contributed by atoms with Crippen LogP contribution in [0.25, 0.3) is 0 Å². The second-order valence-electron chi connectivity index (χ2n) is 5.12. The molecule has 1 aromatic rings. The van der Waals surface area contributed by atoms with Crippen molar-refractivity contribution in [2.24, 2.45) is 0 Å². The van der Waals surface area contributed by atoms with Gasteiger partial charge in [-0.05, 0) is 55.5 Å². The van der Waals surface area contributed by atoms with Crippen LogP contribution in [-0.4, -0.2) is 26.2 Å². The SMILES string of the molecule is CCCNC1CCCc2ccc(OCC(=O)OC)cc21. The van der Waals surface area contributed by atoms with E-state index in [9.17, 15) is 4.79 Å². The minimum atomic E-state index is -0.358. The molecule has 0 saturated carbocycles. The Bertz CT molecular complexity index is 459. The third kappa shape index (κ3) is 3.73. The molecule has 1 aromatic carbocycles. The largest absolute Gasteiger partial charge is 0.482 e. The number of aryl methyl sites for hydroxylation is 1. The quantitative estimate of drug-likeness (QED) is 0.812. The van der Waals surface area contributed by atoms with E-state index in [-0.39, 0.29) is 12.6 Å². The van der Waals surface area contributed by atoms with Gasteiger partial charge in [0.1, 0.15) is 5.75 Å². The molecule has 0 aromatic heterocycles. The topological polar surface area (TPSA) is 47.6 Å². The Hall–Kier alpha value is -1.55. The van der Waals surface area contributed by atoms with E-state index in [4.69, 9.17) is 4.74 Å². The Morgan fingerprint density at radius 1 is 1.45 bits per heavy atom. The number of esters is 1. The van der Waals surface area contributed by atoms with Gasteiger partial charge in [0.05, 0.1) is 7.11 Å². The van der Waals surface area contributed by atoms with E-state index in [2.05, 4.69) is 29.1 Å². The summed E-state index contributed by atoms with van der Waals surface area (Å²) in [7, 11) is 1.36. The van der Waals surface area contributed by atoms with Gasteiger partial charge in [-0.25, -0.2) is 4.79 Å². The summed E-state index contributed by atoms with van der Waals surface area (Å²) < 4.78 is 10.1. The molecule has 0 heterocycles. The van der Waals surface area contributed by atoms with Crippen molar-refractivity contribution >= 4 is 5.97 Å². The van der Waals surface area contributed by atoms with Crippen LogP contribution in [0.1, 0.15) is 43.4 Å². The van der Waals surface area contributed by atoms with E-state index in [1.807, 2.05) is 6.07 Å². The zero-order chi connectivity index (χ0) is 14.4. The highest BCUT2D eigenvalue weighted by Crippen LogP contribution is 2.32. The third-order valence-electron chi connectivity index (χ3n) is 3.66. The number of carbonyl (C=O) groups excluding carboxylic acids is 1. The fraction of sp³-hybridized carbons (Fsp3) is 0.562. The molecule has 0 spiro atoms. The summed E-state index contributed by atoms with van der Waals surface area (Å²) >= 11 is 0. The van der Waals surface area contributed by atoms with Crippen molar-refractivity contribution in [3.63, 3.8) is 0 Å². The normalized spacial score (nSPS) is 17.4. The first-order valence-corrected chi connectivity index (χ1v) is 7.30. The van der Waals surface area contributed by atoms with Gasteiger partial charge in [0, 0.05) is 6.04 Å². The number of benzene rings is 1.